The van der Waals surface area contributed by atoms with E-state index >= 15 is 0 Å². The van der Waals surface area contributed by atoms with E-state index in [4.69, 9.17) is 27.9 Å². The number of amides is 1. The molecule has 0 aliphatic rings. The highest BCUT2D eigenvalue weighted by atomic mass is 35.5. The van der Waals surface area contributed by atoms with E-state index in [0.29, 0.717) is 17.1 Å². The van der Waals surface area contributed by atoms with Crippen molar-refractivity contribution in [1.29, 1.82) is 0 Å². The molecule has 1 aromatic carbocycles. The Kier molecular flexibility index (Phi) is 5.72. The van der Waals surface area contributed by atoms with E-state index in [1.165, 1.54) is 6.07 Å². The minimum Gasteiger partial charge on any atom is -0.479 e. The van der Waals surface area contributed by atoms with Gasteiger partial charge in [0.25, 0.3) is 5.91 Å². The van der Waals surface area contributed by atoms with Crippen molar-refractivity contribution >= 4 is 29.1 Å². The Hall–Kier alpha value is -0.970. The van der Waals surface area contributed by atoms with Gasteiger partial charge in [0.1, 0.15) is 5.75 Å². The van der Waals surface area contributed by atoms with Gasteiger partial charge in [-0.05, 0) is 26.0 Å². The first kappa shape index (κ1) is 15.1. The molecule has 1 rings (SSSR count). The van der Waals surface area contributed by atoms with Crippen molar-refractivity contribution in [3.63, 3.8) is 0 Å². The second-order valence-corrected chi connectivity index (χ2v) is 4.53. The van der Waals surface area contributed by atoms with Gasteiger partial charge in [0, 0.05) is 17.1 Å². The quantitative estimate of drug-likeness (QED) is 0.876. The monoisotopic (exact) mass is 291 g/mol. The van der Waals surface area contributed by atoms with E-state index < -0.39 is 6.10 Å². The lowest BCUT2D eigenvalue weighted by molar-refractivity contribution is -0.127. The molecule has 6 heteroatoms. The smallest absolute Gasteiger partial charge is 0.260 e. The summed E-state index contributed by atoms with van der Waals surface area (Å²) in [4.78, 5) is 11.6. The maximum absolute atomic E-state index is 11.6. The molecule has 1 aromatic rings. The topological polar surface area (TPSA) is 58.6 Å². The van der Waals surface area contributed by atoms with E-state index in [1.807, 2.05) is 6.92 Å². The number of hydrogen-bond donors (Lipinski definition) is 2. The molecule has 1 unspecified atom stereocenters. The lowest BCUT2D eigenvalue weighted by atomic mass is 10.2. The zero-order valence-corrected chi connectivity index (χ0v) is 11.7. The zero-order valence-electron chi connectivity index (χ0n) is 10.2. The SMILES string of the molecule is CCNC(=O)C(C)Oc1c(Cl)cc(Cl)cc1CO. The Labute approximate surface area is 116 Å². The Morgan fingerprint density at radius 2 is 2.17 bits per heavy atom. The normalized spacial score (nSPS) is 12.1. The average molecular weight is 292 g/mol. The van der Waals surface area contributed by atoms with Gasteiger partial charge in [-0.15, -0.1) is 0 Å². The number of carbonyl (C=O) groups is 1. The summed E-state index contributed by atoms with van der Waals surface area (Å²) in [7, 11) is 0. The number of nitrogens with one attached hydrogen (secondary N) is 1. The Balaban J connectivity index is 2.93. The van der Waals surface area contributed by atoms with Crippen molar-refractivity contribution in [2.75, 3.05) is 6.54 Å². The van der Waals surface area contributed by atoms with Gasteiger partial charge in [0.2, 0.25) is 0 Å². The molecular weight excluding hydrogens is 277 g/mol. The highest BCUT2D eigenvalue weighted by Gasteiger charge is 2.18. The third-order valence-electron chi connectivity index (χ3n) is 2.27. The van der Waals surface area contributed by atoms with E-state index in [0.717, 1.165) is 0 Å². The molecule has 0 aliphatic carbocycles. The van der Waals surface area contributed by atoms with E-state index in [2.05, 4.69) is 5.32 Å². The number of ether oxygens (including phenoxy) is 1. The van der Waals surface area contributed by atoms with E-state index in [9.17, 15) is 9.90 Å². The van der Waals surface area contributed by atoms with Gasteiger partial charge in [-0.1, -0.05) is 23.2 Å². The summed E-state index contributed by atoms with van der Waals surface area (Å²) in [6.45, 7) is 3.68. The van der Waals surface area contributed by atoms with Crippen LogP contribution in [0.15, 0.2) is 12.1 Å². The molecule has 1 amide bonds. The maximum Gasteiger partial charge on any atom is 0.260 e. The molecule has 100 valence electrons. The minimum atomic E-state index is -0.700. The zero-order chi connectivity index (χ0) is 13.7. The lowest BCUT2D eigenvalue weighted by Gasteiger charge is -2.17. The van der Waals surface area contributed by atoms with Gasteiger partial charge in [-0.3, -0.25) is 4.79 Å². The number of aliphatic hydroxyl groups excluding tert-OH is 1. The Bertz CT molecular complexity index is 438. The lowest BCUT2D eigenvalue weighted by Crippen LogP contribution is -2.36. The third kappa shape index (κ3) is 3.77. The number of carbonyl (C=O) groups excluding carboxylic acids is 1. The van der Waals surface area contributed by atoms with E-state index in [-0.39, 0.29) is 23.3 Å². The van der Waals surface area contributed by atoms with Crippen LogP contribution in [0.3, 0.4) is 0 Å². The largest absolute Gasteiger partial charge is 0.479 e. The summed E-state index contributed by atoms with van der Waals surface area (Å²) < 4.78 is 5.47. The molecule has 0 aromatic heterocycles. The second kappa shape index (κ2) is 6.83. The maximum atomic E-state index is 11.6. The van der Waals surface area contributed by atoms with Gasteiger partial charge in [-0.25, -0.2) is 0 Å². The van der Waals surface area contributed by atoms with Crippen LogP contribution in [0.1, 0.15) is 19.4 Å². The highest BCUT2D eigenvalue weighted by Crippen LogP contribution is 2.33. The van der Waals surface area contributed by atoms with Gasteiger partial charge in [-0.2, -0.15) is 0 Å². The fourth-order valence-corrected chi connectivity index (χ4v) is 1.99. The van der Waals surface area contributed by atoms with Crippen molar-refractivity contribution in [3.8, 4) is 5.75 Å². The summed E-state index contributed by atoms with van der Waals surface area (Å²) in [5.74, 6) is 0.0368. The molecule has 0 aliphatic heterocycles. The number of benzene rings is 1. The van der Waals surface area contributed by atoms with Crippen molar-refractivity contribution < 1.29 is 14.6 Å². The molecule has 0 saturated carbocycles. The van der Waals surface area contributed by atoms with Crippen LogP contribution in [0, 0.1) is 0 Å². The highest BCUT2D eigenvalue weighted by molar-refractivity contribution is 6.35. The standard InChI is InChI=1S/C12H15Cl2NO3/c1-3-15-12(17)7(2)18-11-8(6-16)4-9(13)5-10(11)14/h4-5,7,16H,3,6H2,1-2H3,(H,15,17). The number of aliphatic hydroxyl groups is 1. The number of likely N-dealkylation sites (N-methyl/N-ethyl adjacent to an activating group) is 1. The summed E-state index contributed by atoms with van der Waals surface area (Å²) in [6, 6.07) is 3.05. The second-order valence-electron chi connectivity index (χ2n) is 3.69. The molecular formula is C12H15Cl2NO3. The Morgan fingerprint density at radius 3 is 2.72 bits per heavy atom. The van der Waals surface area contributed by atoms with Crippen LogP contribution in [-0.2, 0) is 11.4 Å². The molecule has 0 bridgehead atoms. The van der Waals surface area contributed by atoms with Gasteiger partial charge < -0.3 is 15.2 Å². The summed E-state index contributed by atoms with van der Waals surface area (Å²) in [6.07, 6.45) is -0.700. The van der Waals surface area contributed by atoms with Crippen LogP contribution >= 0.6 is 23.2 Å². The number of halogens is 2. The molecule has 0 saturated heterocycles. The predicted molar refractivity (Wildman–Crippen MR) is 71.2 cm³/mol. The van der Waals surface area contributed by atoms with Crippen LogP contribution in [0.25, 0.3) is 0 Å². The summed E-state index contributed by atoms with van der Waals surface area (Å²) in [5, 5.41) is 12.5. The van der Waals surface area contributed by atoms with Crippen molar-refractivity contribution in [3.05, 3.63) is 27.7 Å². The molecule has 0 heterocycles. The van der Waals surface area contributed by atoms with Crippen molar-refractivity contribution in [2.45, 2.75) is 26.6 Å². The first-order chi connectivity index (χ1) is 8.49. The van der Waals surface area contributed by atoms with Crippen molar-refractivity contribution in [1.82, 2.24) is 5.32 Å². The molecule has 4 nitrogen and oxygen atoms in total. The molecule has 2 N–H and O–H groups in total. The molecule has 18 heavy (non-hydrogen) atoms. The third-order valence-corrected chi connectivity index (χ3v) is 2.77. The first-order valence-electron chi connectivity index (χ1n) is 5.52. The number of rotatable bonds is 5. The summed E-state index contributed by atoms with van der Waals surface area (Å²) in [5.41, 5.74) is 0.448. The molecule has 0 fully saturated rings. The first-order valence-corrected chi connectivity index (χ1v) is 6.28. The fourth-order valence-electron chi connectivity index (χ4n) is 1.41. The fraction of sp³-hybridized carbons (Fsp3) is 0.417. The van der Waals surface area contributed by atoms with Gasteiger partial charge in [0.05, 0.1) is 11.6 Å². The van der Waals surface area contributed by atoms with Crippen LogP contribution in [0.5, 0.6) is 5.75 Å². The van der Waals surface area contributed by atoms with Crippen LogP contribution in [0.2, 0.25) is 10.0 Å². The molecule has 0 radical (unpaired) electrons. The van der Waals surface area contributed by atoms with E-state index in [1.54, 1.807) is 13.0 Å². The van der Waals surface area contributed by atoms with Gasteiger partial charge in [0.15, 0.2) is 6.10 Å². The minimum absolute atomic E-state index is 0.243. The summed E-state index contributed by atoms with van der Waals surface area (Å²) >= 11 is 11.8. The van der Waals surface area contributed by atoms with Gasteiger partial charge >= 0.3 is 0 Å². The Morgan fingerprint density at radius 1 is 1.50 bits per heavy atom. The van der Waals surface area contributed by atoms with Crippen LogP contribution in [-0.4, -0.2) is 23.7 Å². The van der Waals surface area contributed by atoms with Crippen LogP contribution < -0.4 is 10.1 Å². The predicted octanol–water partition coefficient (Wildman–Crippen LogP) is 2.39. The average Bonchev–Trinajstić information content (AvgIpc) is 2.32. The molecule has 1 atom stereocenters. The molecule has 0 spiro atoms. The van der Waals surface area contributed by atoms with Crippen molar-refractivity contribution in [2.24, 2.45) is 0 Å². The van der Waals surface area contributed by atoms with Crippen LogP contribution in [0.4, 0.5) is 0 Å². The number of hydrogen-bond acceptors (Lipinski definition) is 3.